The summed E-state index contributed by atoms with van der Waals surface area (Å²) in [5, 5.41) is 17.2. The maximum absolute atomic E-state index is 9.88. The largest absolute Gasteiger partial charge is 0.503 e. The van der Waals surface area contributed by atoms with Crippen LogP contribution in [0.1, 0.15) is 26.5 Å². The van der Waals surface area contributed by atoms with Crippen molar-refractivity contribution in [3.63, 3.8) is 0 Å². The number of furan rings is 1. The van der Waals surface area contributed by atoms with Crippen LogP contribution in [0.15, 0.2) is 22.7 Å². The fraction of sp³-hybridized carbons (Fsp3) is 0.357. The van der Waals surface area contributed by atoms with Crippen LogP contribution >= 0.6 is 0 Å². The van der Waals surface area contributed by atoms with E-state index in [-0.39, 0.29) is 11.3 Å². The summed E-state index contributed by atoms with van der Waals surface area (Å²) in [5.74, 6) is 2.24. The molecule has 0 fully saturated rings. The van der Waals surface area contributed by atoms with Crippen LogP contribution in [0.5, 0.6) is 5.75 Å². The van der Waals surface area contributed by atoms with Gasteiger partial charge in [-0.1, -0.05) is 0 Å². The molecule has 0 aliphatic rings. The first kappa shape index (κ1) is 13.4. The lowest BCUT2D eigenvalue weighted by molar-refractivity contribution is 0.479. The smallest absolute Gasteiger partial charge is 0.227 e. The van der Waals surface area contributed by atoms with Gasteiger partial charge in [-0.15, -0.1) is 0 Å². The molecule has 3 heterocycles. The lowest BCUT2D eigenvalue weighted by Gasteiger charge is -2.20. The fourth-order valence-corrected chi connectivity index (χ4v) is 1.97. The molecule has 0 aromatic carbocycles. The molecule has 0 radical (unpaired) electrons. The lowest BCUT2D eigenvalue weighted by Crippen LogP contribution is -2.27. The molecular weight excluding hydrogens is 270 g/mol. The predicted octanol–water partition coefficient (Wildman–Crippen LogP) is 2.61. The highest BCUT2D eigenvalue weighted by Crippen LogP contribution is 2.26. The van der Waals surface area contributed by atoms with Crippen molar-refractivity contribution in [2.75, 3.05) is 5.32 Å². The lowest BCUT2D eigenvalue weighted by atomic mass is 10.1. The summed E-state index contributed by atoms with van der Waals surface area (Å²) in [4.78, 5) is 8.76. The summed E-state index contributed by atoms with van der Waals surface area (Å²) in [5.41, 5.74) is 0.130. The number of rotatable bonds is 2. The molecule has 0 atom stereocenters. The van der Waals surface area contributed by atoms with E-state index in [0.717, 1.165) is 5.76 Å². The summed E-state index contributed by atoms with van der Waals surface area (Å²) in [6, 6.07) is 3.67. The van der Waals surface area contributed by atoms with Crippen LogP contribution in [0.25, 0.3) is 17.2 Å². The second kappa shape index (κ2) is 4.47. The highest BCUT2D eigenvalue weighted by Gasteiger charge is 2.19. The van der Waals surface area contributed by atoms with Gasteiger partial charge in [0.1, 0.15) is 5.76 Å². The van der Waals surface area contributed by atoms with E-state index in [1.807, 2.05) is 39.8 Å². The zero-order valence-corrected chi connectivity index (χ0v) is 12.4. The normalized spacial score (nSPS) is 12.0. The topological polar surface area (TPSA) is 88.5 Å². The van der Waals surface area contributed by atoms with Gasteiger partial charge < -0.3 is 14.8 Å². The van der Waals surface area contributed by atoms with Gasteiger partial charge in [-0.3, -0.25) is 0 Å². The Morgan fingerprint density at radius 3 is 2.62 bits per heavy atom. The maximum Gasteiger partial charge on any atom is 0.227 e. The number of aromatic hydroxyl groups is 1. The molecule has 0 saturated heterocycles. The number of nitrogens with one attached hydrogen (secondary N) is 1. The number of nitrogens with zero attached hydrogens (tertiary/aromatic N) is 4. The Kier molecular flexibility index (Phi) is 2.86. The van der Waals surface area contributed by atoms with E-state index in [0.29, 0.717) is 23.2 Å². The van der Waals surface area contributed by atoms with Crippen LogP contribution in [0.3, 0.4) is 0 Å². The predicted molar refractivity (Wildman–Crippen MR) is 78.3 cm³/mol. The zero-order chi connectivity index (χ0) is 15.2. The summed E-state index contributed by atoms with van der Waals surface area (Å²) in [6.07, 6.45) is 1.34. The Morgan fingerprint density at radius 1 is 1.24 bits per heavy atom. The highest BCUT2D eigenvalue weighted by molar-refractivity contribution is 5.61. The van der Waals surface area contributed by atoms with Gasteiger partial charge in [0.05, 0.1) is 6.20 Å². The molecule has 3 aromatic rings. The van der Waals surface area contributed by atoms with E-state index >= 15 is 0 Å². The molecule has 0 aliphatic carbocycles. The van der Waals surface area contributed by atoms with Crippen LogP contribution in [0.4, 0.5) is 5.95 Å². The average molecular weight is 287 g/mol. The molecule has 110 valence electrons. The second-order valence-corrected chi connectivity index (χ2v) is 5.92. The summed E-state index contributed by atoms with van der Waals surface area (Å²) >= 11 is 0. The van der Waals surface area contributed by atoms with E-state index in [1.165, 1.54) is 10.7 Å². The number of hydrogen-bond donors (Lipinski definition) is 2. The van der Waals surface area contributed by atoms with Gasteiger partial charge in [-0.25, -0.2) is 0 Å². The van der Waals surface area contributed by atoms with Crippen molar-refractivity contribution in [3.05, 3.63) is 24.1 Å². The Balaban J connectivity index is 2.21. The molecule has 7 nitrogen and oxygen atoms in total. The van der Waals surface area contributed by atoms with E-state index in [9.17, 15) is 5.11 Å². The third-order valence-electron chi connectivity index (χ3n) is 2.80. The van der Waals surface area contributed by atoms with Crippen molar-refractivity contribution in [2.45, 2.75) is 33.2 Å². The quantitative estimate of drug-likeness (QED) is 0.753. The first-order valence-electron chi connectivity index (χ1n) is 6.63. The van der Waals surface area contributed by atoms with Crippen molar-refractivity contribution in [1.82, 2.24) is 19.6 Å². The molecule has 3 aromatic heterocycles. The van der Waals surface area contributed by atoms with Crippen LogP contribution in [0.2, 0.25) is 0 Å². The monoisotopic (exact) mass is 287 g/mol. The van der Waals surface area contributed by atoms with Crippen molar-refractivity contribution >= 4 is 11.6 Å². The van der Waals surface area contributed by atoms with E-state index in [1.54, 1.807) is 0 Å². The van der Waals surface area contributed by atoms with E-state index in [4.69, 9.17) is 4.42 Å². The second-order valence-electron chi connectivity index (χ2n) is 5.92. The van der Waals surface area contributed by atoms with Gasteiger partial charge >= 0.3 is 0 Å². The molecule has 2 N–H and O–H groups in total. The van der Waals surface area contributed by atoms with Crippen LogP contribution in [-0.4, -0.2) is 30.2 Å². The maximum atomic E-state index is 9.88. The third kappa shape index (κ3) is 2.54. The fourth-order valence-electron chi connectivity index (χ4n) is 1.97. The van der Waals surface area contributed by atoms with Gasteiger partial charge in [0.2, 0.25) is 17.4 Å². The Bertz CT molecular complexity index is 797. The van der Waals surface area contributed by atoms with Gasteiger partial charge in [-0.2, -0.15) is 19.6 Å². The van der Waals surface area contributed by atoms with Gasteiger partial charge in [-0.05, 0) is 39.8 Å². The molecular formula is C14H17N5O2. The summed E-state index contributed by atoms with van der Waals surface area (Å²) < 4.78 is 7.07. The van der Waals surface area contributed by atoms with Crippen LogP contribution in [0, 0.1) is 6.92 Å². The molecule has 0 unspecified atom stereocenters. The number of aryl methyl sites for hydroxylation is 1. The standard InChI is InChI=1S/C14H17N5O2/c1-8-5-6-10(21-8)12-17-13(18-14(2,3)4)16-11-9(20)7-15-19(11)12/h5-7,20H,1-4H3,(H,16,18). The summed E-state index contributed by atoms with van der Waals surface area (Å²) in [7, 11) is 0. The van der Waals surface area contributed by atoms with Crippen molar-refractivity contribution < 1.29 is 9.52 Å². The average Bonchev–Trinajstić information content (AvgIpc) is 2.94. The Morgan fingerprint density at radius 2 is 2.00 bits per heavy atom. The third-order valence-corrected chi connectivity index (χ3v) is 2.80. The SMILES string of the molecule is Cc1ccc(-c2nc(NC(C)(C)C)nc3c(O)cnn23)o1. The van der Waals surface area contributed by atoms with Gasteiger partial charge in [0.15, 0.2) is 11.5 Å². The Labute approximate surface area is 121 Å². The first-order chi connectivity index (χ1) is 9.83. The number of hydrogen-bond acceptors (Lipinski definition) is 6. The zero-order valence-electron chi connectivity index (χ0n) is 12.4. The molecule has 0 saturated carbocycles. The van der Waals surface area contributed by atoms with Gasteiger partial charge in [0, 0.05) is 5.54 Å². The van der Waals surface area contributed by atoms with Crippen molar-refractivity contribution in [3.8, 4) is 17.3 Å². The number of aromatic nitrogens is 4. The van der Waals surface area contributed by atoms with Crippen molar-refractivity contribution in [1.29, 1.82) is 0 Å². The molecule has 0 amide bonds. The minimum atomic E-state index is -0.204. The van der Waals surface area contributed by atoms with Crippen LogP contribution < -0.4 is 5.32 Å². The van der Waals surface area contributed by atoms with Crippen molar-refractivity contribution in [2.24, 2.45) is 0 Å². The Hall–Kier alpha value is -2.57. The molecule has 21 heavy (non-hydrogen) atoms. The molecule has 7 heteroatoms. The molecule has 0 spiro atoms. The minimum Gasteiger partial charge on any atom is -0.503 e. The number of fused-ring (bicyclic) bond motifs is 1. The summed E-state index contributed by atoms with van der Waals surface area (Å²) in [6.45, 7) is 7.88. The highest BCUT2D eigenvalue weighted by atomic mass is 16.3. The van der Waals surface area contributed by atoms with E-state index in [2.05, 4.69) is 20.4 Å². The van der Waals surface area contributed by atoms with E-state index < -0.39 is 0 Å². The molecule has 3 rings (SSSR count). The number of anilines is 1. The minimum absolute atomic E-state index is 0.00103. The first-order valence-corrected chi connectivity index (χ1v) is 6.63. The molecule has 0 bridgehead atoms. The van der Waals surface area contributed by atoms with Gasteiger partial charge in [0.25, 0.3) is 0 Å². The molecule has 0 aliphatic heterocycles. The van der Waals surface area contributed by atoms with Crippen LogP contribution in [-0.2, 0) is 0 Å².